The molecule has 26 heavy (non-hydrogen) atoms. The summed E-state index contributed by atoms with van der Waals surface area (Å²) in [7, 11) is -12.6. The molecule has 1 aliphatic rings. The van der Waals surface area contributed by atoms with Crippen LogP contribution in [0.3, 0.4) is 0 Å². The standard InChI is InChI=1S/C13H10F6O5S2/c1-24-9-4-2-8(3-5-9)10-6-7-11(10,25(20,21)12(14,15)16)26(22,23)13(17,18)19/h2-6H,7H2,1H3/i6D. The lowest BCUT2D eigenvalue weighted by Gasteiger charge is -2.40. The highest BCUT2D eigenvalue weighted by Gasteiger charge is 2.76. The van der Waals surface area contributed by atoms with E-state index in [0.717, 1.165) is 24.3 Å². The zero-order valence-electron chi connectivity index (χ0n) is 13.6. The van der Waals surface area contributed by atoms with Crippen molar-refractivity contribution in [3.05, 3.63) is 35.9 Å². The number of rotatable bonds is 4. The Morgan fingerprint density at radius 3 is 1.69 bits per heavy atom. The average Bonchev–Trinajstić information content (AvgIpc) is 2.50. The van der Waals surface area contributed by atoms with Crippen LogP contribution in [-0.2, 0) is 19.7 Å². The summed E-state index contributed by atoms with van der Waals surface area (Å²) in [4.78, 5) is 0. The van der Waals surface area contributed by atoms with Crippen molar-refractivity contribution >= 4 is 25.2 Å². The molecule has 1 aromatic carbocycles. The van der Waals surface area contributed by atoms with Crippen molar-refractivity contribution in [1.29, 1.82) is 0 Å². The molecule has 1 aromatic rings. The molecule has 0 spiro atoms. The van der Waals surface area contributed by atoms with Gasteiger partial charge in [-0.25, -0.2) is 16.8 Å². The van der Waals surface area contributed by atoms with Crippen LogP contribution in [0.25, 0.3) is 5.57 Å². The monoisotopic (exact) mass is 425 g/mol. The van der Waals surface area contributed by atoms with Gasteiger partial charge in [-0.05, 0) is 23.3 Å². The van der Waals surface area contributed by atoms with Crippen LogP contribution in [0.2, 0.25) is 0 Å². The molecule has 0 bridgehead atoms. The summed E-state index contributed by atoms with van der Waals surface area (Å²) in [6, 6.07) is 2.90. The topological polar surface area (TPSA) is 77.5 Å². The highest BCUT2D eigenvalue weighted by molar-refractivity contribution is 8.12. The molecule has 0 heterocycles. The number of halogens is 6. The Bertz CT molecular complexity index is 947. The van der Waals surface area contributed by atoms with E-state index in [4.69, 9.17) is 6.11 Å². The quantitative estimate of drug-likeness (QED) is 0.693. The third kappa shape index (κ3) is 2.59. The Labute approximate surface area is 145 Å². The van der Waals surface area contributed by atoms with Crippen LogP contribution in [0.15, 0.2) is 30.3 Å². The zero-order chi connectivity index (χ0) is 21.1. The predicted molar refractivity (Wildman–Crippen MR) is 78.3 cm³/mol. The number of benzene rings is 1. The molecule has 0 aromatic heterocycles. The second kappa shape index (κ2) is 5.87. The molecule has 0 saturated carbocycles. The number of methoxy groups -OCH3 is 1. The van der Waals surface area contributed by atoms with E-state index in [9.17, 15) is 43.2 Å². The van der Waals surface area contributed by atoms with Gasteiger partial charge in [0, 0.05) is 6.42 Å². The van der Waals surface area contributed by atoms with Crippen molar-refractivity contribution in [2.24, 2.45) is 0 Å². The van der Waals surface area contributed by atoms with Crippen LogP contribution in [-0.4, -0.2) is 39.0 Å². The first-order chi connectivity index (χ1) is 12.0. The Morgan fingerprint density at radius 1 is 0.962 bits per heavy atom. The zero-order valence-corrected chi connectivity index (χ0v) is 14.3. The maximum Gasteiger partial charge on any atom is 0.499 e. The summed E-state index contributed by atoms with van der Waals surface area (Å²) < 4.78 is 134. The van der Waals surface area contributed by atoms with E-state index >= 15 is 0 Å². The lowest BCUT2D eigenvalue weighted by Crippen LogP contribution is -2.59. The van der Waals surface area contributed by atoms with Gasteiger partial charge in [0.1, 0.15) is 5.75 Å². The van der Waals surface area contributed by atoms with Crippen LogP contribution in [0.4, 0.5) is 26.3 Å². The van der Waals surface area contributed by atoms with Gasteiger partial charge in [0.25, 0.3) is 19.7 Å². The minimum absolute atomic E-state index is 0.119. The van der Waals surface area contributed by atoms with Gasteiger partial charge in [-0.2, -0.15) is 26.3 Å². The van der Waals surface area contributed by atoms with Crippen molar-refractivity contribution in [2.75, 3.05) is 7.11 Å². The fraction of sp³-hybridized carbons (Fsp3) is 0.385. The van der Waals surface area contributed by atoms with Gasteiger partial charge >= 0.3 is 11.0 Å². The van der Waals surface area contributed by atoms with Gasteiger partial charge in [-0.15, -0.1) is 0 Å². The summed E-state index contributed by atoms with van der Waals surface area (Å²) in [5.74, 6) is 0.119. The van der Waals surface area contributed by atoms with Crippen molar-refractivity contribution < 1.29 is 49.3 Å². The molecule has 0 saturated heterocycles. The fourth-order valence-electron chi connectivity index (χ4n) is 2.38. The molecule has 0 N–H and O–H groups in total. The Morgan fingerprint density at radius 2 is 1.38 bits per heavy atom. The van der Waals surface area contributed by atoms with Gasteiger partial charge in [0.05, 0.1) is 8.48 Å². The second-order valence-corrected chi connectivity index (χ2v) is 9.70. The van der Waals surface area contributed by atoms with Crippen molar-refractivity contribution in [3.8, 4) is 5.75 Å². The van der Waals surface area contributed by atoms with Crippen LogP contribution in [0.1, 0.15) is 13.4 Å². The molecule has 0 radical (unpaired) electrons. The number of ether oxygens (including phenoxy) is 1. The first-order valence-corrected chi connectivity index (χ1v) is 9.47. The minimum Gasteiger partial charge on any atom is -0.497 e. The number of hydrogen-bond acceptors (Lipinski definition) is 5. The molecule has 0 aliphatic heterocycles. The molecular weight excluding hydrogens is 414 g/mol. The van der Waals surface area contributed by atoms with E-state index in [2.05, 4.69) is 0 Å². The summed E-state index contributed by atoms with van der Waals surface area (Å²) in [5, 5.41) is 0. The second-order valence-electron chi connectivity index (χ2n) is 5.11. The third-order valence-corrected chi connectivity index (χ3v) is 8.70. The van der Waals surface area contributed by atoms with E-state index in [-0.39, 0.29) is 5.75 Å². The molecule has 0 fully saturated rings. The maximum atomic E-state index is 13.1. The van der Waals surface area contributed by atoms with E-state index in [1.54, 1.807) is 0 Å². The summed E-state index contributed by atoms with van der Waals surface area (Å²) in [6.45, 7) is 0. The van der Waals surface area contributed by atoms with Crippen molar-refractivity contribution in [1.82, 2.24) is 0 Å². The number of allylic oxidation sites excluding steroid dienone is 1. The largest absolute Gasteiger partial charge is 0.499 e. The molecule has 0 unspecified atom stereocenters. The van der Waals surface area contributed by atoms with Gasteiger partial charge in [0.2, 0.25) is 4.08 Å². The summed E-state index contributed by atoms with van der Waals surface area (Å²) in [5.41, 5.74) is -14.6. The van der Waals surface area contributed by atoms with E-state index in [1.807, 2.05) is 0 Å². The van der Waals surface area contributed by atoms with E-state index in [0.29, 0.717) is 0 Å². The highest BCUT2D eigenvalue weighted by Crippen LogP contribution is 2.57. The van der Waals surface area contributed by atoms with Gasteiger partial charge in [-0.1, -0.05) is 18.2 Å². The number of sulfone groups is 2. The normalized spacial score (nSPS) is 19.0. The van der Waals surface area contributed by atoms with Crippen LogP contribution in [0, 0.1) is 0 Å². The molecule has 0 atom stereocenters. The minimum atomic E-state index is -6.91. The Hall–Kier alpha value is -1.76. The first kappa shape index (κ1) is 19.0. The Kier molecular flexibility index (Phi) is 4.30. The fourth-order valence-corrected chi connectivity index (χ4v) is 6.29. The number of hydrogen-bond donors (Lipinski definition) is 0. The maximum absolute atomic E-state index is 13.1. The van der Waals surface area contributed by atoms with E-state index in [1.165, 1.54) is 7.11 Å². The van der Waals surface area contributed by atoms with Gasteiger partial charge in [-0.3, -0.25) is 0 Å². The smallest absolute Gasteiger partial charge is 0.497 e. The van der Waals surface area contributed by atoms with Gasteiger partial charge in [0.15, 0.2) is 0 Å². The summed E-state index contributed by atoms with van der Waals surface area (Å²) in [6.07, 6.45) is -1.78. The third-order valence-electron chi connectivity index (χ3n) is 3.74. The molecule has 0 amide bonds. The molecule has 5 nitrogen and oxygen atoms in total. The lowest BCUT2D eigenvalue weighted by molar-refractivity contribution is -0.0484. The van der Waals surface area contributed by atoms with Crippen LogP contribution in [0.5, 0.6) is 5.75 Å². The summed E-state index contributed by atoms with van der Waals surface area (Å²) >= 11 is 0. The molecule has 146 valence electrons. The van der Waals surface area contributed by atoms with Crippen LogP contribution >= 0.6 is 0 Å². The average molecular weight is 425 g/mol. The van der Waals surface area contributed by atoms with Crippen molar-refractivity contribution in [2.45, 2.75) is 21.5 Å². The lowest BCUT2D eigenvalue weighted by atomic mass is 9.90. The van der Waals surface area contributed by atoms with Crippen LogP contribution < -0.4 is 4.74 Å². The van der Waals surface area contributed by atoms with Gasteiger partial charge < -0.3 is 4.74 Å². The number of alkyl halides is 6. The molecule has 13 heteroatoms. The SMILES string of the molecule is [2H]C1=C(c2ccc(OC)cc2)C(S(=O)(=O)C(F)(F)F)(S(=O)(=O)C(F)(F)F)C1. The Balaban J connectivity index is 2.89. The van der Waals surface area contributed by atoms with E-state index < -0.39 is 58.4 Å². The molecule has 1 aliphatic carbocycles. The first-order valence-electron chi connectivity index (χ1n) is 7.01. The van der Waals surface area contributed by atoms with Crippen molar-refractivity contribution in [3.63, 3.8) is 0 Å². The predicted octanol–water partition coefficient (Wildman–Crippen LogP) is 3.05. The molecular formula is C13H10F6O5S2. The molecule has 2 rings (SSSR count). The highest BCUT2D eigenvalue weighted by atomic mass is 32.3.